The van der Waals surface area contributed by atoms with Gasteiger partial charge in [-0.05, 0) is 43.3 Å². The van der Waals surface area contributed by atoms with Crippen LogP contribution < -0.4 is 5.43 Å². The van der Waals surface area contributed by atoms with Crippen molar-refractivity contribution in [3.63, 3.8) is 0 Å². The molecule has 3 aromatic rings. The maximum atomic E-state index is 10.2. The van der Waals surface area contributed by atoms with E-state index in [9.17, 15) is 20.4 Å². The standard InChI is InChI=1S/C20H18N2O4/c1-12-2-4-13(5-3-12)21-22-20(16-8-6-14(23)10-18(16)25)17-9-7-15(24)11-19(17)26/h2-11,21,23-26H,1H3. The Kier molecular flexibility index (Phi) is 4.66. The minimum atomic E-state index is -0.193. The Hall–Kier alpha value is -3.67. The summed E-state index contributed by atoms with van der Waals surface area (Å²) in [6.07, 6.45) is 0. The zero-order valence-electron chi connectivity index (χ0n) is 14.0. The maximum absolute atomic E-state index is 10.2. The Morgan fingerprint density at radius 2 is 1.23 bits per heavy atom. The number of hydrogen-bond acceptors (Lipinski definition) is 6. The number of phenols is 4. The highest BCUT2D eigenvalue weighted by molar-refractivity contribution is 6.16. The summed E-state index contributed by atoms with van der Waals surface area (Å²) >= 11 is 0. The van der Waals surface area contributed by atoms with E-state index in [0.717, 1.165) is 11.3 Å². The average Bonchev–Trinajstić information content (AvgIpc) is 2.59. The molecule has 0 fully saturated rings. The summed E-state index contributed by atoms with van der Waals surface area (Å²) in [6.45, 7) is 1.97. The second-order valence-electron chi connectivity index (χ2n) is 5.84. The van der Waals surface area contributed by atoms with Crippen LogP contribution in [0, 0.1) is 6.92 Å². The van der Waals surface area contributed by atoms with Crippen molar-refractivity contribution in [3.05, 3.63) is 77.4 Å². The van der Waals surface area contributed by atoms with Crippen molar-refractivity contribution in [2.75, 3.05) is 5.43 Å². The molecule has 0 aliphatic heterocycles. The largest absolute Gasteiger partial charge is 0.508 e. The number of hydrazone groups is 1. The van der Waals surface area contributed by atoms with Crippen LogP contribution in [0.25, 0.3) is 0 Å². The van der Waals surface area contributed by atoms with Gasteiger partial charge in [0.2, 0.25) is 0 Å². The fourth-order valence-corrected chi connectivity index (χ4v) is 2.45. The first-order chi connectivity index (χ1) is 12.4. The van der Waals surface area contributed by atoms with Crippen LogP contribution in [0.3, 0.4) is 0 Å². The molecule has 0 heterocycles. The molecule has 0 saturated carbocycles. The van der Waals surface area contributed by atoms with Gasteiger partial charge in [0.1, 0.15) is 28.7 Å². The molecular weight excluding hydrogens is 332 g/mol. The van der Waals surface area contributed by atoms with Crippen LogP contribution in [0.4, 0.5) is 5.69 Å². The molecule has 0 amide bonds. The fraction of sp³-hybridized carbons (Fsp3) is 0.0500. The van der Waals surface area contributed by atoms with Crippen molar-refractivity contribution in [2.24, 2.45) is 5.10 Å². The second kappa shape index (κ2) is 7.06. The highest BCUT2D eigenvalue weighted by Gasteiger charge is 2.16. The van der Waals surface area contributed by atoms with Crippen molar-refractivity contribution in [1.29, 1.82) is 0 Å². The minimum absolute atomic E-state index is 0.0907. The van der Waals surface area contributed by atoms with E-state index in [2.05, 4.69) is 10.5 Å². The Balaban J connectivity index is 2.08. The molecule has 3 aromatic carbocycles. The molecular formula is C20H18N2O4. The molecule has 0 radical (unpaired) electrons. The summed E-state index contributed by atoms with van der Waals surface area (Å²) in [5.41, 5.74) is 5.59. The van der Waals surface area contributed by atoms with Gasteiger partial charge in [-0.1, -0.05) is 17.7 Å². The van der Waals surface area contributed by atoms with Crippen molar-refractivity contribution in [3.8, 4) is 23.0 Å². The lowest BCUT2D eigenvalue weighted by Crippen LogP contribution is -2.07. The Labute approximate surface area is 150 Å². The van der Waals surface area contributed by atoms with E-state index < -0.39 is 0 Å². The molecule has 6 heteroatoms. The molecule has 6 nitrogen and oxygen atoms in total. The zero-order valence-corrected chi connectivity index (χ0v) is 14.0. The van der Waals surface area contributed by atoms with Crippen LogP contribution in [0.15, 0.2) is 65.8 Å². The maximum Gasteiger partial charge on any atom is 0.128 e. The predicted octanol–water partition coefficient (Wildman–Crippen LogP) is 3.68. The van der Waals surface area contributed by atoms with E-state index in [1.165, 1.54) is 36.4 Å². The fourth-order valence-electron chi connectivity index (χ4n) is 2.45. The van der Waals surface area contributed by atoms with Crippen molar-refractivity contribution in [1.82, 2.24) is 0 Å². The van der Waals surface area contributed by atoms with Gasteiger partial charge in [-0.15, -0.1) is 0 Å². The smallest absolute Gasteiger partial charge is 0.128 e. The molecule has 26 heavy (non-hydrogen) atoms. The molecule has 0 bridgehead atoms. The van der Waals surface area contributed by atoms with Crippen LogP contribution in [0.2, 0.25) is 0 Å². The Morgan fingerprint density at radius 1 is 0.731 bits per heavy atom. The van der Waals surface area contributed by atoms with E-state index in [1.54, 1.807) is 0 Å². The number of rotatable bonds is 4. The lowest BCUT2D eigenvalue weighted by molar-refractivity contribution is 0.449. The van der Waals surface area contributed by atoms with Gasteiger partial charge >= 0.3 is 0 Å². The van der Waals surface area contributed by atoms with Gasteiger partial charge in [0.25, 0.3) is 0 Å². The quantitative estimate of drug-likeness (QED) is 0.365. The summed E-state index contributed by atoms with van der Waals surface area (Å²) in [4.78, 5) is 0. The summed E-state index contributed by atoms with van der Waals surface area (Å²) in [5.74, 6) is -0.567. The molecule has 0 saturated heterocycles. The van der Waals surface area contributed by atoms with Crippen LogP contribution >= 0.6 is 0 Å². The lowest BCUT2D eigenvalue weighted by atomic mass is 10.00. The number of nitrogens with one attached hydrogen (secondary N) is 1. The Morgan fingerprint density at radius 3 is 1.69 bits per heavy atom. The molecule has 0 aliphatic rings. The monoisotopic (exact) mass is 350 g/mol. The molecule has 0 atom stereocenters. The molecule has 0 aromatic heterocycles. The van der Waals surface area contributed by atoms with E-state index in [-0.39, 0.29) is 28.7 Å². The van der Waals surface area contributed by atoms with Crippen LogP contribution in [0.1, 0.15) is 16.7 Å². The second-order valence-corrected chi connectivity index (χ2v) is 5.84. The van der Waals surface area contributed by atoms with Gasteiger partial charge in [-0.25, -0.2) is 0 Å². The normalized spacial score (nSPS) is 10.3. The van der Waals surface area contributed by atoms with E-state index in [0.29, 0.717) is 11.1 Å². The topological polar surface area (TPSA) is 105 Å². The number of aromatic hydroxyl groups is 4. The predicted molar refractivity (Wildman–Crippen MR) is 100.0 cm³/mol. The highest BCUT2D eigenvalue weighted by atomic mass is 16.3. The molecule has 0 spiro atoms. The first-order valence-corrected chi connectivity index (χ1v) is 7.89. The average molecular weight is 350 g/mol. The van der Waals surface area contributed by atoms with Gasteiger partial charge in [-0.3, -0.25) is 5.43 Å². The first-order valence-electron chi connectivity index (χ1n) is 7.89. The molecule has 5 N–H and O–H groups in total. The van der Waals surface area contributed by atoms with Crippen LogP contribution in [-0.4, -0.2) is 26.1 Å². The highest BCUT2D eigenvalue weighted by Crippen LogP contribution is 2.30. The summed E-state index contributed by atoms with van der Waals surface area (Å²) in [5, 5.41) is 43.8. The number of nitrogens with zero attached hydrogens (tertiary/aromatic N) is 1. The third-order valence-electron chi connectivity index (χ3n) is 3.82. The Bertz CT molecular complexity index is 913. The number of benzene rings is 3. The molecule has 0 unspecified atom stereocenters. The SMILES string of the molecule is Cc1ccc(NN=C(c2ccc(O)cc2O)c2ccc(O)cc2O)cc1. The van der Waals surface area contributed by atoms with E-state index in [4.69, 9.17) is 0 Å². The van der Waals surface area contributed by atoms with E-state index in [1.807, 2.05) is 31.2 Å². The summed E-state index contributed by atoms with van der Waals surface area (Å²) in [6, 6.07) is 15.7. The lowest BCUT2D eigenvalue weighted by Gasteiger charge is -2.12. The number of anilines is 1. The van der Waals surface area contributed by atoms with Crippen LogP contribution in [-0.2, 0) is 0 Å². The number of aryl methyl sites for hydroxylation is 1. The van der Waals surface area contributed by atoms with E-state index >= 15 is 0 Å². The first kappa shape index (κ1) is 17.2. The van der Waals surface area contributed by atoms with Gasteiger partial charge < -0.3 is 20.4 Å². The molecule has 0 aliphatic carbocycles. The molecule has 132 valence electrons. The van der Waals surface area contributed by atoms with Gasteiger partial charge in [-0.2, -0.15) is 5.10 Å². The zero-order chi connectivity index (χ0) is 18.7. The van der Waals surface area contributed by atoms with Crippen molar-refractivity contribution < 1.29 is 20.4 Å². The van der Waals surface area contributed by atoms with Crippen molar-refractivity contribution in [2.45, 2.75) is 6.92 Å². The van der Waals surface area contributed by atoms with Gasteiger partial charge in [0, 0.05) is 23.3 Å². The van der Waals surface area contributed by atoms with Crippen molar-refractivity contribution >= 4 is 11.4 Å². The third kappa shape index (κ3) is 3.70. The third-order valence-corrected chi connectivity index (χ3v) is 3.82. The molecule has 3 rings (SSSR count). The number of phenolic OH excluding ortho intramolecular Hbond substituents is 4. The summed E-state index contributed by atoms with van der Waals surface area (Å²) in [7, 11) is 0. The van der Waals surface area contributed by atoms with Crippen LogP contribution in [0.5, 0.6) is 23.0 Å². The van der Waals surface area contributed by atoms with Gasteiger partial charge in [0.15, 0.2) is 0 Å². The minimum Gasteiger partial charge on any atom is -0.508 e. The van der Waals surface area contributed by atoms with Gasteiger partial charge in [0.05, 0.1) is 5.69 Å². The summed E-state index contributed by atoms with van der Waals surface area (Å²) < 4.78 is 0. The number of hydrogen-bond donors (Lipinski definition) is 5.